The molecule has 0 fully saturated rings. The fourth-order valence-corrected chi connectivity index (χ4v) is 4.31. The lowest BCUT2D eigenvalue weighted by atomic mass is 10.2. The molecule has 0 aliphatic rings. The number of halogens is 1. The number of benzene rings is 3. The summed E-state index contributed by atoms with van der Waals surface area (Å²) in [4.78, 5) is 14.5. The molecule has 8 heteroatoms. The van der Waals surface area contributed by atoms with Gasteiger partial charge in [-0.25, -0.2) is 0 Å². The van der Waals surface area contributed by atoms with Gasteiger partial charge in [-0.05, 0) is 54.1 Å². The van der Waals surface area contributed by atoms with Crippen molar-refractivity contribution in [3.63, 3.8) is 0 Å². The van der Waals surface area contributed by atoms with Gasteiger partial charge in [-0.2, -0.15) is 0 Å². The second-order valence-corrected chi connectivity index (χ2v) is 8.75. The summed E-state index contributed by atoms with van der Waals surface area (Å²) in [6, 6.07) is 25.0. The molecule has 1 heterocycles. The van der Waals surface area contributed by atoms with Crippen molar-refractivity contribution in [2.45, 2.75) is 11.7 Å². The highest BCUT2D eigenvalue weighted by molar-refractivity contribution is 7.99. The maximum Gasteiger partial charge on any atom is 0.233 e. The molecule has 4 rings (SSSR count). The van der Waals surface area contributed by atoms with Crippen LogP contribution in [0.2, 0.25) is 5.02 Å². The summed E-state index contributed by atoms with van der Waals surface area (Å²) in [5, 5.41) is 10.1. The van der Waals surface area contributed by atoms with Crippen molar-refractivity contribution >= 4 is 29.3 Å². The topological polar surface area (TPSA) is 60.2 Å². The van der Waals surface area contributed by atoms with Crippen molar-refractivity contribution in [2.75, 3.05) is 19.9 Å². The number of thioether (sulfide) groups is 1. The Labute approximate surface area is 202 Å². The van der Waals surface area contributed by atoms with Crippen molar-refractivity contribution in [1.82, 2.24) is 19.7 Å². The van der Waals surface area contributed by atoms with E-state index in [1.165, 1.54) is 11.8 Å². The fourth-order valence-electron chi connectivity index (χ4n) is 3.29. The SMILES string of the molecule is COc1ccc(CN(C)C(=O)CSc2nnc(-c3ccc(Cl)cc3)n2-c2ccccc2)cc1. The average Bonchev–Trinajstić information content (AvgIpc) is 3.28. The van der Waals surface area contributed by atoms with E-state index < -0.39 is 0 Å². The number of methoxy groups -OCH3 is 1. The molecule has 0 unspecified atom stereocenters. The minimum absolute atomic E-state index is 0.00599. The number of hydrogen-bond acceptors (Lipinski definition) is 5. The molecule has 0 N–H and O–H groups in total. The maximum atomic E-state index is 12.8. The Morgan fingerprint density at radius 2 is 1.70 bits per heavy atom. The molecule has 0 aliphatic heterocycles. The summed E-state index contributed by atoms with van der Waals surface area (Å²) in [6.45, 7) is 0.519. The molecular formula is C25H23ClN4O2S. The van der Waals surface area contributed by atoms with Crippen molar-refractivity contribution in [3.05, 3.63) is 89.4 Å². The van der Waals surface area contributed by atoms with Crippen molar-refractivity contribution in [1.29, 1.82) is 0 Å². The minimum atomic E-state index is 0.00599. The number of hydrogen-bond donors (Lipinski definition) is 0. The van der Waals surface area contributed by atoms with Crippen LogP contribution in [-0.4, -0.2) is 45.5 Å². The Balaban J connectivity index is 1.51. The third kappa shape index (κ3) is 5.56. The number of rotatable bonds is 8. The molecule has 0 aliphatic carbocycles. The van der Waals surface area contributed by atoms with Crippen LogP contribution in [0, 0.1) is 0 Å². The first-order valence-corrected chi connectivity index (χ1v) is 11.7. The number of amides is 1. The van der Waals surface area contributed by atoms with Crippen molar-refractivity contribution in [3.8, 4) is 22.8 Å². The van der Waals surface area contributed by atoms with E-state index in [1.54, 1.807) is 19.1 Å². The minimum Gasteiger partial charge on any atom is -0.497 e. The quantitative estimate of drug-likeness (QED) is 0.319. The van der Waals surface area contributed by atoms with Crippen LogP contribution < -0.4 is 4.74 Å². The van der Waals surface area contributed by atoms with Crippen molar-refractivity contribution < 1.29 is 9.53 Å². The highest BCUT2D eigenvalue weighted by atomic mass is 35.5. The third-order valence-corrected chi connectivity index (χ3v) is 6.25. The molecule has 1 aromatic heterocycles. The maximum absolute atomic E-state index is 12.8. The first-order chi connectivity index (χ1) is 16.0. The molecule has 1 amide bonds. The summed E-state index contributed by atoms with van der Waals surface area (Å²) >= 11 is 7.42. The van der Waals surface area contributed by atoms with Crippen LogP contribution in [0.5, 0.6) is 5.75 Å². The lowest BCUT2D eigenvalue weighted by molar-refractivity contribution is -0.127. The lowest BCUT2D eigenvalue weighted by Crippen LogP contribution is -2.27. The third-order valence-electron chi connectivity index (χ3n) is 5.08. The van der Waals surface area contributed by atoms with Gasteiger partial charge in [0.2, 0.25) is 5.91 Å². The highest BCUT2D eigenvalue weighted by Gasteiger charge is 2.18. The molecule has 0 bridgehead atoms. The van der Waals surface area contributed by atoms with E-state index in [1.807, 2.05) is 83.4 Å². The Bertz CT molecular complexity index is 1210. The number of ether oxygens (including phenoxy) is 1. The number of para-hydroxylation sites is 1. The van der Waals surface area contributed by atoms with Gasteiger partial charge in [-0.1, -0.05) is 53.7 Å². The zero-order chi connectivity index (χ0) is 23.2. The van der Waals surface area contributed by atoms with E-state index in [0.29, 0.717) is 22.5 Å². The first kappa shape index (κ1) is 22.9. The van der Waals surface area contributed by atoms with Crippen LogP contribution in [0.4, 0.5) is 0 Å². The van der Waals surface area contributed by atoms with Crippen molar-refractivity contribution in [2.24, 2.45) is 0 Å². The summed E-state index contributed by atoms with van der Waals surface area (Å²) in [7, 11) is 3.43. The number of carbonyl (C=O) groups is 1. The summed E-state index contributed by atoms with van der Waals surface area (Å²) < 4.78 is 7.15. The van der Waals surface area contributed by atoms with E-state index >= 15 is 0 Å². The van der Waals surface area contributed by atoms with Crippen LogP contribution in [0.1, 0.15) is 5.56 Å². The average molecular weight is 479 g/mol. The van der Waals surface area contributed by atoms with Gasteiger partial charge in [-0.3, -0.25) is 9.36 Å². The molecule has 0 radical (unpaired) electrons. The Morgan fingerprint density at radius 3 is 2.36 bits per heavy atom. The summed E-state index contributed by atoms with van der Waals surface area (Å²) in [5.41, 5.74) is 2.86. The molecule has 3 aromatic carbocycles. The van der Waals surface area contributed by atoms with Crippen LogP contribution in [0.15, 0.2) is 84.0 Å². The van der Waals surface area contributed by atoms with Crippen LogP contribution in [0.3, 0.4) is 0 Å². The van der Waals surface area contributed by atoms with Crippen LogP contribution in [-0.2, 0) is 11.3 Å². The molecule has 33 heavy (non-hydrogen) atoms. The van der Waals surface area contributed by atoms with E-state index in [2.05, 4.69) is 10.2 Å². The molecule has 0 atom stereocenters. The smallest absolute Gasteiger partial charge is 0.233 e. The Kier molecular flexibility index (Phi) is 7.32. The largest absolute Gasteiger partial charge is 0.497 e. The Hall–Kier alpha value is -3.29. The van der Waals surface area contributed by atoms with Gasteiger partial charge in [0.25, 0.3) is 0 Å². The second-order valence-electron chi connectivity index (χ2n) is 7.37. The predicted octanol–water partition coefficient (Wildman–Crippen LogP) is 5.35. The second kappa shape index (κ2) is 10.6. The van der Waals surface area contributed by atoms with Gasteiger partial charge in [0.05, 0.1) is 12.9 Å². The van der Waals surface area contributed by atoms with Gasteiger partial charge >= 0.3 is 0 Å². The molecule has 168 valence electrons. The predicted molar refractivity (Wildman–Crippen MR) is 132 cm³/mol. The van der Waals surface area contributed by atoms with Gasteiger partial charge in [0.15, 0.2) is 11.0 Å². The normalized spacial score (nSPS) is 10.8. The number of nitrogens with zero attached hydrogens (tertiary/aromatic N) is 4. The Morgan fingerprint density at radius 1 is 1.00 bits per heavy atom. The lowest BCUT2D eigenvalue weighted by Gasteiger charge is -2.17. The first-order valence-electron chi connectivity index (χ1n) is 10.3. The summed E-state index contributed by atoms with van der Waals surface area (Å²) in [5.74, 6) is 1.74. The van der Waals surface area contributed by atoms with E-state index in [9.17, 15) is 4.79 Å². The monoisotopic (exact) mass is 478 g/mol. The molecule has 0 saturated carbocycles. The molecule has 4 aromatic rings. The number of carbonyl (C=O) groups excluding carboxylic acids is 1. The van der Waals surface area contributed by atoms with Gasteiger partial charge in [0.1, 0.15) is 5.75 Å². The summed E-state index contributed by atoms with van der Waals surface area (Å²) in [6.07, 6.45) is 0. The van der Waals surface area contributed by atoms with E-state index in [0.717, 1.165) is 22.6 Å². The fraction of sp³-hybridized carbons (Fsp3) is 0.160. The standard InChI is InChI=1S/C25H23ClN4O2S/c1-29(16-18-8-14-22(32-2)15-9-18)23(31)17-33-25-28-27-24(19-10-12-20(26)13-11-19)30(25)21-6-4-3-5-7-21/h3-15H,16-17H2,1-2H3. The van der Waals surface area contributed by atoms with Crippen LogP contribution in [0.25, 0.3) is 17.1 Å². The van der Waals surface area contributed by atoms with Gasteiger partial charge in [0, 0.05) is 29.9 Å². The highest BCUT2D eigenvalue weighted by Crippen LogP contribution is 2.29. The zero-order valence-electron chi connectivity index (χ0n) is 18.3. The molecular weight excluding hydrogens is 456 g/mol. The zero-order valence-corrected chi connectivity index (χ0v) is 19.9. The molecule has 0 spiro atoms. The van der Waals surface area contributed by atoms with Gasteiger partial charge < -0.3 is 9.64 Å². The van der Waals surface area contributed by atoms with E-state index in [4.69, 9.17) is 16.3 Å². The molecule has 6 nitrogen and oxygen atoms in total. The van der Waals surface area contributed by atoms with Gasteiger partial charge in [-0.15, -0.1) is 10.2 Å². The molecule has 0 saturated heterocycles. The van der Waals surface area contributed by atoms with Crippen LogP contribution >= 0.6 is 23.4 Å². The van der Waals surface area contributed by atoms with E-state index in [-0.39, 0.29) is 11.7 Å². The number of aromatic nitrogens is 3.